The fraction of sp³-hybridized carbons (Fsp3) is 0.0952. The number of rotatable bonds is 6. The number of anilines is 1. The Morgan fingerprint density at radius 3 is 2.44 bits per heavy atom. The molecule has 0 spiro atoms. The zero-order valence-corrected chi connectivity index (χ0v) is 14.4. The van der Waals surface area contributed by atoms with E-state index in [2.05, 4.69) is 10.3 Å². The van der Waals surface area contributed by atoms with Gasteiger partial charge in [0.25, 0.3) is 0 Å². The van der Waals surface area contributed by atoms with Crippen LogP contribution in [-0.2, 0) is 22.6 Å². The normalized spacial score (nSPS) is 10.3. The Morgan fingerprint density at radius 2 is 1.70 bits per heavy atom. The first kappa shape index (κ1) is 18.3. The lowest BCUT2D eigenvalue weighted by Crippen LogP contribution is -2.18. The average Bonchev–Trinajstić information content (AvgIpc) is 2.68. The van der Waals surface area contributed by atoms with Crippen LogP contribution >= 0.6 is 0 Å². The van der Waals surface area contributed by atoms with Gasteiger partial charge in [-0.15, -0.1) is 0 Å². The second-order valence-corrected chi connectivity index (χ2v) is 5.79. The first-order valence-corrected chi connectivity index (χ1v) is 8.32. The third-order valence-electron chi connectivity index (χ3n) is 3.77. The summed E-state index contributed by atoms with van der Waals surface area (Å²) in [6.45, 7) is 0.00926. The van der Waals surface area contributed by atoms with Crippen molar-refractivity contribution in [3.05, 3.63) is 95.6 Å². The number of carbonyl (C=O) groups excluding carboxylic acids is 2. The molecule has 6 heteroatoms. The zero-order chi connectivity index (χ0) is 19.1. The van der Waals surface area contributed by atoms with Crippen molar-refractivity contribution in [2.24, 2.45) is 0 Å². The maximum absolute atomic E-state index is 12.9. The summed E-state index contributed by atoms with van der Waals surface area (Å²) in [4.78, 5) is 28.7. The van der Waals surface area contributed by atoms with E-state index < -0.39 is 5.97 Å². The number of esters is 1. The van der Waals surface area contributed by atoms with E-state index in [0.29, 0.717) is 16.9 Å². The highest BCUT2D eigenvalue weighted by Crippen LogP contribution is 2.17. The second-order valence-electron chi connectivity index (χ2n) is 5.79. The van der Waals surface area contributed by atoms with E-state index in [-0.39, 0.29) is 30.3 Å². The van der Waals surface area contributed by atoms with Crippen LogP contribution < -0.4 is 5.32 Å². The van der Waals surface area contributed by atoms with E-state index in [1.54, 1.807) is 60.8 Å². The van der Waals surface area contributed by atoms with Crippen LogP contribution in [0.15, 0.2) is 72.9 Å². The number of nitrogens with one attached hydrogen (secondary N) is 1. The molecule has 0 aliphatic carbocycles. The van der Waals surface area contributed by atoms with Crippen molar-refractivity contribution in [3.8, 4) is 0 Å². The van der Waals surface area contributed by atoms with Gasteiger partial charge >= 0.3 is 5.97 Å². The van der Waals surface area contributed by atoms with E-state index in [4.69, 9.17) is 4.74 Å². The van der Waals surface area contributed by atoms with Gasteiger partial charge in [0.15, 0.2) is 0 Å². The smallest absolute Gasteiger partial charge is 0.340 e. The second kappa shape index (κ2) is 8.71. The lowest BCUT2D eigenvalue weighted by atomic mass is 10.1. The summed E-state index contributed by atoms with van der Waals surface area (Å²) in [7, 11) is 0. The Hall–Kier alpha value is -3.54. The maximum Gasteiger partial charge on any atom is 0.340 e. The van der Waals surface area contributed by atoms with Gasteiger partial charge in [-0.2, -0.15) is 0 Å². The molecule has 1 aromatic heterocycles. The van der Waals surface area contributed by atoms with Crippen LogP contribution in [0, 0.1) is 5.82 Å². The largest absolute Gasteiger partial charge is 0.457 e. The first-order chi connectivity index (χ1) is 13.1. The molecular weight excluding hydrogens is 347 g/mol. The van der Waals surface area contributed by atoms with Crippen molar-refractivity contribution in [1.82, 2.24) is 4.98 Å². The number of pyridine rings is 1. The van der Waals surface area contributed by atoms with Crippen molar-refractivity contribution in [2.75, 3.05) is 5.32 Å². The highest BCUT2D eigenvalue weighted by Gasteiger charge is 2.15. The number of aromatic nitrogens is 1. The van der Waals surface area contributed by atoms with E-state index in [1.807, 2.05) is 0 Å². The minimum absolute atomic E-state index is 0.00926. The van der Waals surface area contributed by atoms with Crippen LogP contribution in [0.5, 0.6) is 0 Å². The number of benzene rings is 2. The molecule has 27 heavy (non-hydrogen) atoms. The minimum atomic E-state index is -0.576. The molecule has 136 valence electrons. The van der Waals surface area contributed by atoms with Gasteiger partial charge in [-0.25, -0.2) is 9.18 Å². The van der Waals surface area contributed by atoms with Crippen molar-refractivity contribution in [1.29, 1.82) is 0 Å². The molecule has 3 aromatic rings. The molecule has 0 saturated carbocycles. The van der Waals surface area contributed by atoms with Gasteiger partial charge < -0.3 is 10.1 Å². The van der Waals surface area contributed by atoms with E-state index >= 15 is 0 Å². The molecule has 0 radical (unpaired) electrons. The molecule has 1 heterocycles. The Morgan fingerprint density at radius 1 is 0.963 bits per heavy atom. The molecule has 0 unspecified atom stereocenters. The minimum Gasteiger partial charge on any atom is -0.457 e. The number of amides is 1. The van der Waals surface area contributed by atoms with Gasteiger partial charge in [-0.05, 0) is 42.0 Å². The summed E-state index contributed by atoms with van der Waals surface area (Å²) >= 11 is 0. The molecule has 0 saturated heterocycles. The van der Waals surface area contributed by atoms with Gasteiger partial charge in [0.2, 0.25) is 5.91 Å². The monoisotopic (exact) mass is 364 g/mol. The molecule has 1 N–H and O–H groups in total. The lowest BCUT2D eigenvalue weighted by Gasteiger charge is -2.11. The topological polar surface area (TPSA) is 68.3 Å². The first-order valence-electron chi connectivity index (χ1n) is 8.32. The number of halogens is 1. The van der Waals surface area contributed by atoms with Crippen LogP contribution in [0.1, 0.15) is 21.6 Å². The summed E-state index contributed by atoms with van der Waals surface area (Å²) in [6, 6.07) is 17.6. The standard InChI is InChI=1S/C21H17FN2O3/c22-16-10-8-15(9-11-16)14-27-21(26)18-6-1-2-7-19(18)24-20(25)13-17-5-3-4-12-23-17/h1-12H,13-14H2,(H,24,25). The molecule has 1 amide bonds. The predicted octanol–water partition coefficient (Wildman–Crippen LogP) is 3.76. The summed E-state index contributed by atoms with van der Waals surface area (Å²) in [6.07, 6.45) is 1.71. The average molecular weight is 364 g/mol. The van der Waals surface area contributed by atoms with Gasteiger partial charge in [-0.1, -0.05) is 30.3 Å². The Bertz CT molecular complexity index is 928. The van der Waals surface area contributed by atoms with Crippen LogP contribution in [0.25, 0.3) is 0 Å². The Kier molecular flexibility index (Phi) is 5.89. The molecule has 0 fully saturated rings. The SMILES string of the molecule is O=C(Cc1ccccn1)Nc1ccccc1C(=O)OCc1ccc(F)cc1. The third-order valence-corrected chi connectivity index (χ3v) is 3.77. The number of nitrogens with zero attached hydrogens (tertiary/aromatic N) is 1. The molecule has 2 aromatic carbocycles. The number of ether oxygens (including phenoxy) is 1. The molecule has 0 bridgehead atoms. The molecule has 0 atom stereocenters. The maximum atomic E-state index is 12.9. The number of hydrogen-bond acceptors (Lipinski definition) is 4. The lowest BCUT2D eigenvalue weighted by molar-refractivity contribution is -0.115. The van der Waals surface area contributed by atoms with Crippen LogP contribution in [0.3, 0.4) is 0 Å². The van der Waals surface area contributed by atoms with Crippen molar-refractivity contribution in [3.63, 3.8) is 0 Å². The fourth-order valence-corrected chi connectivity index (χ4v) is 2.44. The van der Waals surface area contributed by atoms with Gasteiger partial charge in [0.1, 0.15) is 12.4 Å². The van der Waals surface area contributed by atoms with Crippen molar-refractivity contribution >= 4 is 17.6 Å². The number of carbonyl (C=O) groups is 2. The Labute approximate surface area is 155 Å². The van der Waals surface area contributed by atoms with Gasteiger partial charge in [-0.3, -0.25) is 9.78 Å². The summed E-state index contributed by atoms with van der Waals surface area (Å²) in [5.41, 5.74) is 1.91. The van der Waals surface area contributed by atoms with Gasteiger partial charge in [0.05, 0.1) is 17.7 Å². The number of hydrogen-bond donors (Lipinski definition) is 1. The molecule has 5 nitrogen and oxygen atoms in total. The summed E-state index contributed by atoms with van der Waals surface area (Å²) in [5.74, 6) is -1.22. The molecule has 0 aliphatic rings. The summed E-state index contributed by atoms with van der Waals surface area (Å²) < 4.78 is 18.2. The summed E-state index contributed by atoms with van der Waals surface area (Å²) in [5, 5.41) is 2.72. The van der Waals surface area contributed by atoms with Crippen molar-refractivity contribution < 1.29 is 18.7 Å². The molecule has 3 rings (SSSR count). The van der Waals surface area contributed by atoms with E-state index in [0.717, 1.165) is 0 Å². The number of para-hydroxylation sites is 1. The highest BCUT2D eigenvalue weighted by atomic mass is 19.1. The van der Waals surface area contributed by atoms with E-state index in [1.165, 1.54) is 12.1 Å². The molecule has 0 aliphatic heterocycles. The molecular formula is C21H17FN2O3. The van der Waals surface area contributed by atoms with Crippen LogP contribution in [0.2, 0.25) is 0 Å². The zero-order valence-electron chi connectivity index (χ0n) is 14.4. The fourth-order valence-electron chi connectivity index (χ4n) is 2.44. The van der Waals surface area contributed by atoms with Gasteiger partial charge in [0, 0.05) is 11.9 Å². The Balaban J connectivity index is 1.64. The third kappa shape index (κ3) is 5.22. The quantitative estimate of drug-likeness (QED) is 0.676. The van der Waals surface area contributed by atoms with Crippen LogP contribution in [0.4, 0.5) is 10.1 Å². The van der Waals surface area contributed by atoms with Crippen LogP contribution in [-0.4, -0.2) is 16.9 Å². The van der Waals surface area contributed by atoms with Crippen molar-refractivity contribution in [2.45, 2.75) is 13.0 Å². The predicted molar refractivity (Wildman–Crippen MR) is 98.5 cm³/mol. The highest BCUT2D eigenvalue weighted by molar-refractivity contribution is 6.01. The van der Waals surface area contributed by atoms with E-state index in [9.17, 15) is 14.0 Å².